The lowest BCUT2D eigenvalue weighted by molar-refractivity contribution is -0.0503. The summed E-state index contributed by atoms with van der Waals surface area (Å²) in [6, 6.07) is 6.87. The second-order valence-electron chi connectivity index (χ2n) is 6.49. The van der Waals surface area contributed by atoms with Crippen LogP contribution in [0.25, 0.3) is 11.2 Å². The average Bonchev–Trinajstić information content (AvgIpc) is 2.98. The summed E-state index contributed by atoms with van der Waals surface area (Å²) in [6.45, 7) is 0.836. The molecule has 0 atom stereocenters. The number of fused-ring (bicyclic) bond motifs is 1. The maximum absolute atomic E-state index is 12.7. The molecule has 0 unspecified atom stereocenters. The lowest BCUT2D eigenvalue weighted by Gasteiger charge is -2.14. The van der Waals surface area contributed by atoms with Gasteiger partial charge in [0.25, 0.3) is 0 Å². The molecule has 1 aromatic carbocycles. The van der Waals surface area contributed by atoms with Crippen molar-refractivity contribution in [2.75, 3.05) is 13.1 Å². The third-order valence-corrected chi connectivity index (χ3v) is 4.75. The number of nitrogens with one attached hydrogen (secondary N) is 1. The number of hydrogen-bond donors (Lipinski definition) is 1. The van der Waals surface area contributed by atoms with Gasteiger partial charge in [0.1, 0.15) is 5.75 Å². The molecule has 0 amide bonds. The Balaban J connectivity index is 0.00000225. The number of hydrogen-bond acceptors (Lipinski definition) is 4. The van der Waals surface area contributed by atoms with Crippen molar-refractivity contribution < 1.29 is 13.5 Å². The van der Waals surface area contributed by atoms with Gasteiger partial charge in [-0.3, -0.25) is 4.98 Å². The first kappa shape index (κ1) is 20.2. The summed E-state index contributed by atoms with van der Waals surface area (Å²) < 4.78 is 32.1. The third-order valence-electron chi connectivity index (χ3n) is 4.75. The molecule has 148 valence electrons. The predicted molar refractivity (Wildman–Crippen MR) is 106 cm³/mol. The maximum Gasteiger partial charge on any atom is 0.387 e. The van der Waals surface area contributed by atoms with E-state index in [1.54, 1.807) is 24.4 Å². The zero-order valence-corrected chi connectivity index (χ0v) is 16.2. The van der Waals surface area contributed by atoms with Crippen LogP contribution < -0.4 is 10.1 Å². The molecular formula is C20H21ClF2N4O. The fourth-order valence-electron chi connectivity index (χ4n) is 3.40. The molecule has 3 heterocycles. The van der Waals surface area contributed by atoms with Crippen molar-refractivity contribution in [2.24, 2.45) is 0 Å². The molecule has 0 bridgehead atoms. The van der Waals surface area contributed by atoms with Crippen molar-refractivity contribution in [2.45, 2.75) is 26.4 Å². The van der Waals surface area contributed by atoms with Gasteiger partial charge in [0.05, 0.1) is 23.3 Å². The quantitative estimate of drug-likeness (QED) is 0.695. The predicted octanol–water partition coefficient (Wildman–Crippen LogP) is 4.03. The highest BCUT2D eigenvalue weighted by atomic mass is 35.5. The Labute approximate surface area is 167 Å². The SMILES string of the molecule is Cc1nc2cnc(C3=CCNCC3)cn2c1Cc1ccccc1OC(F)F.Cl. The van der Waals surface area contributed by atoms with Crippen LogP contribution in [0.15, 0.2) is 42.7 Å². The van der Waals surface area contributed by atoms with Crippen LogP contribution in [0.4, 0.5) is 8.78 Å². The Morgan fingerprint density at radius 3 is 2.86 bits per heavy atom. The van der Waals surface area contributed by atoms with Crippen molar-refractivity contribution >= 4 is 23.6 Å². The van der Waals surface area contributed by atoms with E-state index in [0.717, 1.165) is 42.2 Å². The number of aromatic nitrogens is 3. The van der Waals surface area contributed by atoms with Gasteiger partial charge in [-0.05, 0) is 31.5 Å². The van der Waals surface area contributed by atoms with Crippen LogP contribution in [0.1, 0.15) is 29.1 Å². The molecular weight excluding hydrogens is 386 g/mol. The minimum Gasteiger partial charge on any atom is -0.435 e. The van der Waals surface area contributed by atoms with Crippen LogP contribution >= 0.6 is 12.4 Å². The van der Waals surface area contributed by atoms with E-state index < -0.39 is 6.61 Å². The number of imidazole rings is 1. The van der Waals surface area contributed by atoms with Crippen LogP contribution in [-0.4, -0.2) is 34.1 Å². The van der Waals surface area contributed by atoms with Crippen molar-refractivity contribution in [3.05, 3.63) is 65.4 Å². The van der Waals surface area contributed by atoms with Gasteiger partial charge in [0.15, 0.2) is 5.65 Å². The molecule has 2 aromatic heterocycles. The van der Waals surface area contributed by atoms with Gasteiger partial charge < -0.3 is 14.5 Å². The molecule has 0 saturated heterocycles. The second kappa shape index (κ2) is 8.67. The van der Waals surface area contributed by atoms with E-state index in [9.17, 15) is 8.78 Å². The summed E-state index contributed by atoms with van der Waals surface area (Å²) >= 11 is 0. The number of benzene rings is 1. The van der Waals surface area contributed by atoms with Gasteiger partial charge in [0.2, 0.25) is 0 Å². The van der Waals surface area contributed by atoms with Crippen LogP contribution in [0.2, 0.25) is 0 Å². The minimum absolute atomic E-state index is 0. The van der Waals surface area contributed by atoms with Crippen LogP contribution in [0.3, 0.4) is 0 Å². The summed E-state index contributed by atoms with van der Waals surface area (Å²) in [4.78, 5) is 9.11. The molecule has 0 fully saturated rings. The molecule has 8 heteroatoms. The van der Waals surface area contributed by atoms with Gasteiger partial charge in [0, 0.05) is 24.7 Å². The summed E-state index contributed by atoms with van der Waals surface area (Å²) in [5.74, 6) is 0.192. The summed E-state index contributed by atoms with van der Waals surface area (Å²) in [6.07, 6.45) is 7.26. The fraction of sp³-hybridized carbons (Fsp3) is 0.300. The first-order valence-electron chi connectivity index (χ1n) is 8.88. The zero-order chi connectivity index (χ0) is 18.8. The van der Waals surface area contributed by atoms with Crippen molar-refractivity contribution in [1.29, 1.82) is 0 Å². The molecule has 0 spiro atoms. The van der Waals surface area contributed by atoms with Gasteiger partial charge in [-0.2, -0.15) is 8.78 Å². The Morgan fingerprint density at radius 2 is 2.11 bits per heavy atom. The smallest absolute Gasteiger partial charge is 0.387 e. The fourth-order valence-corrected chi connectivity index (χ4v) is 3.40. The number of ether oxygens (including phenoxy) is 1. The third kappa shape index (κ3) is 4.15. The number of alkyl halides is 2. The molecule has 1 N–H and O–H groups in total. The van der Waals surface area contributed by atoms with Gasteiger partial charge in [-0.1, -0.05) is 24.3 Å². The molecule has 3 aromatic rings. The summed E-state index contributed by atoms with van der Waals surface area (Å²) in [5.41, 5.74) is 5.35. The molecule has 1 aliphatic heterocycles. The van der Waals surface area contributed by atoms with E-state index in [-0.39, 0.29) is 18.2 Å². The van der Waals surface area contributed by atoms with E-state index in [1.165, 1.54) is 5.57 Å². The topological polar surface area (TPSA) is 51.5 Å². The van der Waals surface area contributed by atoms with Crippen LogP contribution in [-0.2, 0) is 6.42 Å². The lowest BCUT2D eigenvalue weighted by atomic mass is 10.1. The Hall–Kier alpha value is -2.51. The number of halogens is 3. The van der Waals surface area contributed by atoms with Gasteiger partial charge in [-0.15, -0.1) is 12.4 Å². The van der Waals surface area contributed by atoms with Gasteiger partial charge in [-0.25, -0.2) is 4.98 Å². The normalized spacial score (nSPS) is 14.1. The molecule has 4 rings (SSSR count). The first-order valence-corrected chi connectivity index (χ1v) is 8.88. The van der Waals surface area contributed by atoms with E-state index in [2.05, 4.69) is 26.1 Å². The van der Waals surface area contributed by atoms with Crippen molar-refractivity contribution in [1.82, 2.24) is 19.7 Å². The number of nitrogens with zero attached hydrogens (tertiary/aromatic N) is 3. The minimum atomic E-state index is -2.85. The summed E-state index contributed by atoms with van der Waals surface area (Å²) in [7, 11) is 0. The first-order chi connectivity index (χ1) is 13.1. The van der Waals surface area contributed by atoms with E-state index in [0.29, 0.717) is 12.0 Å². The maximum atomic E-state index is 12.7. The van der Waals surface area contributed by atoms with E-state index in [1.807, 2.05) is 23.6 Å². The highest BCUT2D eigenvalue weighted by Crippen LogP contribution is 2.26. The van der Waals surface area contributed by atoms with Gasteiger partial charge >= 0.3 is 6.61 Å². The largest absolute Gasteiger partial charge is 0.435 e. The highest BCUT2D eigenvalue weighted by molar-refractivity contribution is 5.85. The van der Waals surface area contributed by atoms with Crippen molar-refractivity contribution in [3.8, 4) is 5.75 Å². The molecule has 28 heavy (non-hydrogen) atoms. The number of para-hydroxylation sites is 1. The monoisotopic (exact) mass is 406 g/mol. The molecule has 0 aliphatic carbocycles. The summed E-state index contributed by atoms with van der Waals surface area (Å²) in [5, 5.41) is 3.29. The van der Waals surface area contributed by atoms with E-state index >= 15 is 0 Å². The number of aryl methyl sites for hydroxylation is 1. The lowest BCUT2D eigenvalue weighted by Crippen LogP contribution is -2.20. The molecule has 5 nitrogen and oxygen atoms in total. The van der Waals surface area contributed by atoms with Crippen LogP contribution in [0, 0.1) is 6.92 Å². The Bertz CT molecular complexity index is 1000. The van der Waals surface area contributed by atoms with Crippen LogP contribution in [0.5, 0.6) is 5.75 Å². The van der Waals surface area contributed by atoms with Crippen molar-refractivity contribution in [3.63, 3.8) is 0 Å². The Morgan fingerprint density at radius 1 is 1.29 bits per heavy atom. The molecule has 1 aliphatic rings. The standard InChI is InChI=1S/C20H20F2N4O.ClH/c1-13-17(10-15-4-2-3-5-18(15)27-20(21)22)26-12-16(24-11-19(26)25-13)14-6-8-23-9-7-14;/h2-6,11-12,20,23H,7-10H2,1H3;1H. The number of rotatable bonds is 5. The molecule has 0 saturated carbocycles. The average molecular weight is 407 g/mol. The highest BCUT2D eigenvalue weighted by Gasteiger charge is 2.16. The Kier molecular flexibility index (Phi) is 6.26. The zero-order valence-electron chi connectivity index (χ0n) is 15.4. The second-order valence-corrected chi connectivity index (χ2v) is 6.49. The van der Waals surface area contributed by atoms with E-state index in [4.69, 9.17) is 0 Å². The molecule has 0 radical (unpaired) electrons.